The maximum absolute atomic E-state index is 13.6. The largest absolute Gasteiger partial charge is 0.377 e. The van der Waals surface area contributed by atoms with E-state index in [0.717, 1.165) is 6.07 Å². The molecule has 2 atom stereocenters. The van der Waals surface area contributed by atoms with Crippen LogP contribution >= 0.6 is 0 Å². The van der Waals surface area contributed by atoms with Crippen LogP contribution in [0.1, 0.15) is 25.5 Å². The van der Waals surface area contributed by atoms with Crippen LogP contribution in [-0.4, -0.2) is 19.8 Å². The summed E-state index contributed by atoms with van der Waals surface area (Å²) < 4.78 is 31.7. The minimum Gasteiger partial charge on any atom is -0.377 e. The van der Waals surface area contributed by atoms with Gasteiger partial charge in [0.05, 0.1) is 12.1 Å². The molecule has 1 aromatic rings. The summed E-state index contributed by atoms with van der Waals surface area (Å²) in [5, 5.41) is 2.98. The number of benzene rings is 1. The number of likely N-dealkylation sites (N-methyl/N-ethyl adjacent to an activating group) is 1. The summed E-state index contributed by atoms with van der Waals surface area (Å²) in [5.41, 5.74) is 0.421. The Bertz CT molecular complexity index is 344. The van der Waals surface area contributed by atoms with Gasteiger partial charge in [-0.1, -0.05) is 6.07 Å². The normalized spacial score (nSPS) is 14.8. The van der Waals surface area contributed by atoms with Crippen molar-refractivity contribution in [1.82, 2.24) is 5.32 Å². The Morgan fingerprint density at radius 2 is 2.06 bits per heavy atom. The van der Waals surface area contributed by atoms with E-state index in [2.05, 4.69) is 5.32 Å². The summed E-state index contributed by atoms with van der Waals surface area (Å²) in [6.45, 7) is 4.29. The molecule has 2 nitrogen and oxygen atoms in total. The van der Waals surface area contributed by atoms with Crippen LogP contribution in [0.4, 0.5) is 8.78 Å². The molecule has 0 radical (unpaired) electrons. The fraction of sp³-hybridized carbons (Fsp3) is 0.500. The highest BCUT2D eigenvalue weighted by atomic mass is 19.1. The molecule has 90 valence electrons. The Balaban J connectivity index is 2.94. The molecule has 0 saturated carbocycles. The molecule has 0 aromatic heterocycles. The van der Waals surface area contributed by atoms with E-state index in [4.69, 9.17) is 4.74 Å². The van der Waals surface area contributed by atoms with E-state index in [1.807, 2.05) is 13.8 Å². The van der Waals surface area contributed by atoms with E-state index in [1.54, 1.807) is 7.05 Å². The minimum atomic E-state index is -0.569. The molecule has 16 heavy (non-hydrogen) atoms. The van der Waals surface area contributed by atoms with Crippen LogP contribution in [0.15, 0.2) is 18.2 Å². The van der Waals surface area contributed by atoms with E-state index in [-0.39, 0.29) is 12.1 Å². The standard InChI is InChI=1S/C12H17F2NO/c1-4-16-8(2)12(15-3)10-6-5-9(13)7-11(10)14/h5-8,12,15H,4H2,1-3H3. The maximum Gasteiger partial charge on any atom is 0.130 e. The molecule has 0 spiro atoms. The van der Waals surface area contributed by atoms with E-state index in [0.29, 0.717) is 12.2 Å². The molecule has 4 heteroatoms. The van der Waals surface area contributed by atoms with Gasteiger partial charge in [0.1, 0.15) is 11.6 Å². The van der Waals surface area contributed by atoms with Crippen LogP contribution < -0.4 is 5.32 Å². The topological polar surface area (TPSA) is 21.3 Å². The van der Waals surface area contributed by atoms with Crippen LogP contribution in [0, 0.1) is 11.6 Å². The predicted molar refractivity (Wildman–Crippen MR) is 59.2 cm³/mol. The summed E-state index contributed by atoms with van der Waals surface area (Å²) in [5.74, 6) is -1.12. The first kappa shape index (κ1) is 13.1. The van der Waals surface area contributed by atoms with Gasteiger partial charge in [-0.3, -0.25) is 0 Å². The van der Waals surface area contributed by atoms with Crippen molar-refractivity contribution in [2.24, 2.45) is 0 Å². The summed E-state index contributed by atoms with van der Waals surface area (Å²) in [6, 6.07) is 3.31. The van der Waals surface area contributed by atoms with Crippen LogP contribution in [0.2, 0.25) is 0 Å². The van der Waals surface area contributed by atoms with Gasteiger partial charge in [-0.05, 0) is 27.0 Å². The van der Waals surface area contributed by atoms with Gasteiger partial charge < -0.3 is 10.1 Å². The van der Waals surface area contributed by atoms with Crippen molar-refractivity contribution in [2.45, 2.75) is 26.0 Å². The van der Waals surface area contributed by atoms with Crippen molar-refractivity contribution in [2.75, 3.05) is 13.7 Å². The summed E-state index contributed by atoms with van der Waals surface area (Å²) in [6.07, 6.45) is -0.171. The Hall–Kier alpha value is -1.00. The summed E-state index contributed by atoms with van der Waals surface area (Å²) >= 11 is 0. The molecule has 1 rings (SSSR count). The third-order valence-electron chi connectivity index (χ3n) is 2.51. The number of hydrogen-bond donors (Lipinski definition) is 1. The van der Waals surface area contributed by atoms with Crippen molar-refractivity contribution < 1.29 is 13.5 Å². The first-order valence-electron chi connectivity index (χ1n) is 5.34. The molecular weight excluding hydrogens is 212 g/mol. The lowest BCUT2D eigenvalue weighted by Crippen LogP contribution is -2.30. The zero-order chi connectivity index (χ0) is 12.1. The Labute approximate surface area is 94.6 Å². The van der Waals surface area contributed by atoms with Gasteiger partial charge in [0.25, 0.3) is 0 Å². The Morgan fingerprint density at radius 3 is 2.56 bits per heavy atom. The van der Waals surface area contributed by atoms with Crippen molar-refractivity contribution >= 4 is 0 Å². The fourth-order valence-corrected chi connectivity index (χ4v) is 1.76. The SMILES string of the molecule is CCOC(C)C(NC)c1ccc(F)cc1F. The molecular formula is C12H17F2NO. The van der Waals surface area contributed by atoms with Crippen LogP contribution in [0.3, 0.4) is 0 Å². The highest BCUT2D eigenvalue weighted by Crippen LogP contribution is 2.22. The van der Waals surface area contributed by atoms with Gasteiger partial charge in [0, 0.05) is 18.2 Å². The second kappa shape index (κ2) is 5.92. The monoisotopic (exact) mass is 229 g/mol. The zero-order valence-corrected chi connectivity index (χ0v) is 9.76. The molecule has 0 fully saturated rings. The molecule has 2 unspecified atom stereocenters. The summed E-state index contributed by atoms with van der Waals surface area (Å²) in [7, 11) is 1.73. The first-order chi connectivity index (χ1) is 7.60. The van der Waals surface area contributed by atoms with E-state index < -0.39 is 11.6 Å². The van der Waals surface area contributed by atoms with Gasteiger partial charge in [0.15, 0.2) is 0 Å². The van der Waals surface area contributed by atoms with Gasteiger partial charge >= 0.3 is 0 Å². The zero-order valence-electron chi connectivity index (χ0n) is 9.76. The first-order valence-corrected chi connectivity index (χ1v) is 5.34. The molecule has 0 amide bonds. The number of nitrogens with one attached hydrogen (secondary N) is 1. The molecule has 1 N–H and O–H groups in total. The van der Waals surface area contributed by atoms with E-state index >= 15 is 0 Å². The van der Waals surface area contributed by atoms with Crippen LogP contribution in [-0.2, 0) is 4.74 Å². The average Bonchev–Trinajstić information content (AvgIpc) is 2.22. The predicted octanol–water partition coefficient (Wildman–Crippen LogP) is 2.65. The van der Waals surface area contributed by atoms with Crippen LogP contribution in [0.25, 0.3) is 0 Å². The number of ether oxygens (including phenoxy) is 1. The second-order valence-electron chi connectivity index (χ2n) is 3.59. The fourth-order valence-electron chi connectivity index (χ4n) is 1.76. The maximum atomic E-state index is 13.6. The smallest absolute Gasteiger partial charge is 0.130 e. The van der Waals surface area contributed by atoms with Crippen molar-refractivity contribution in [3.05, 3.63) is 35.4 Å². The van der Waals surface area contributed by atoms with Gasteiger partial charge in [0.2, 0.25) is 0 Å². The average molecular weight is 229 g/mol. The third kappa shape index (κ3) is 3.00. The molecule has 0 bridgehead atoms. The van der Waals surface area contributed by atoms with Crippen molar-refractivity contribution in [3.8, 4) is 0 Å². The van der Waals surface area contributed by atoms with Crippen molar-refractivity contribution in [1.29, 1.82) is 0 Å². The molecule has 0 aliphatic heterocycles. The van der Waals surface area contributed by atoms with Gasteiger partial charge in [-0.15, -0.1) is 0 Å². The van der Waals surface area contributed by atoms with E-state index in [9.17, 15) is 8.78 Å². The molecule has 1 aromatic carbocycles. The third-order valence-corrected chi connectivity index (χ3v) is 2.51. The Morgan fingerprint density at radius 1 is 1.38 bits per heavy atom. The number of rotatable bonds is 5. The minimum absolute atomic E-state index is 0.171. The Kier molecular flexibility index (Phi) is 4.83. The van der Waals surface area contributed by atoms with Gasteiger partial charge in [-0.2, -0.15) is 0 Å². The van der Waals surface area contributed by atoms with Crippen molar-refractivity contribution in [3.63, 3.8) is 0 Å². The molecule has 0 aliphatic rings. The lowest BCUT2D eigenvalue weighted by atomic mass is 10.0. The molecule has 0 aliphatic carbocycles. The number of hydrogen-bond acceptors (Lipinski definition) is 2. The molecule has 0 saturated heterocycles. The second-order valence-corrected chi connectivity index (χ2v) is 3.59. The number of halogens is 2. The summed E-state index contributed by atoms with van der Waals surface area (Å²) in [4.78, 5) is 0. The highest BCUT2D eigenvalue weighted by Gasteiger charge is 2.21. The highest BCUT2D eigenvalue weighted by molar-refractivity contribution is 5.23. The molecule has 0 heterocycles. The van der Waals surface area contributed by atoms with Crippen LogP contribution in [0.5, 0.6) is 0 Å². The lowest BCUT2D eigenvalue weighted by Gasteiger charge is -2.24. The van der Waals surface area contributed by atoms with E-state index in [1.165, 1.54) is 12.1 Å². The van der Waals surface area contributed by atoms with Gasteiger partial charge in [-0.25, -0.2) is 8.78 Å². The lowest BCUT2D eigenvalue weighted by molar-refractivity contribution is 0.0483. The quantitative estimate of drug-likeness (QED) is 0.838.